The Morgan fingerprint density at radius 2 is 2.00 bits per heavy atom. The normalized spacial score (nSPS) is 15.4. The van der Waals surface area contributed by atoms with Crippen LogP contribution in [0.4, 0.5) is 8.78 Å². The van der Waals surface area contributed by atoms with E-state index in [0.29, 0.717) is 18.7 Å². The van der Waals surface area contributed by atoms with Gasteiger partial charge >= 0.3 is 5.66 Å². The molecule has 0 saturated heterocycles. The van der Waals surface area contributed by atoms with Crippen molar-refractivity contribution in [2.24, 2.45) is 5.92 Å². The Hall–Kier alpha value is -1.75. The van der Waals surface area contributed by atoms with Gasteiger partial charge in [0.05, 0.1) is 12.1 Å². The van der Waals surface area contributed by atoms with E-state index in [2.05, 4.69) is 21.4 Å². The number of nitrogens with one attached hydrogen (secondary N) is 1. The fourth-order valence-electron chi connectivity index (χ4n) is 3.02. The van der Waals surface area contributed by atoms with Crippen molar-refractivity contribution in [1.29, 1.82) is 0 Å². The Kier molecular flexibility index (Phi) is 9.01. The molecule has 2 heterocycles. The Labute approximate surface area is 175 Å². The number of amides is 1. The standard InChI is InChI=1S/C19H29F2N4OP.C2H6/c1-13(9-15-7-6-8-24(5)11-15)17(26)22-18(3,4)12-25-14(2)10-16(23-25)19(20,21)27;1-2/h6-7,10-11,13H,8-9,12,27H2,1-5H3,(H,22,26);1-2H3. The molecular formula is C21H35F2N4OP. The van der Waals surface area contributed by atoms with Crippen LogP contribution in [0.2, 0.25) is 0 Å². The second-order valence-electron chi connectivity index (χ2n) is 7.98. The summed E-state index contributed by atoms with van der Waals surface area (Å²) in [5, 5.41) is 7.01. The molecule has 5 nitrogen and oxygen atoms in total. The summed E-state index contributed by atoms with van der Waals surface area (Å²) < 4.78 is 28.4. The second kappa shape index (κ2) is 10.3. The molecule has 1 aliphatic rings. The van der Waals surface area contributed by atoms with Gasteiger partial charge in [-0.2, -0.15) is 13.9 Å². The summed E-state index contributed by atoms with van der Waals surface area (Å²) in [7, 11) is 3.50. The Morgan fingerprint density at radius 3 is 2.52 bits per heavy atom. The van der Waals surface area contributed by atoms with Crippen molar-refractivity contribution in [2.75, 3.05) is 13.6 Å². The summed E-state index contributed by atoms with van der Waals surface area (Å²) in [4.78, 5) is 14.7. The van der Waals surface area contributed by atoms with E-state index >= 15 is 0 Å². The van der Waals surface area contributed by atoms with Gasteiger partial charge in [-0.05, 0) is 38.8 Å². The molecule has 0 fully saturated rings. The predicted octanol–water partition coefficient (Wildman–Crippen LogP) is 4.45. The van der Waals surface area contributed by atoms with Gasteiger partial charge in [0.15, 0.2) is 0 Å². The van der Waals surface area contributed by atoms with Crippen LogP contribution < -0.4 is 5.32 Å². The molecule has 2 atom stereocenters. The van der Waals surface area contributed by atoms with Gasteiger partial charge in [-0.3, -0.25) is 9.48 Å². The summed E-state index contributed by atoms with van der Waals surface area (Å²) in [6.45, 7) is 12.5. The van der Waals surface area contributed by atoms with Crippen LogP contribution in [0, 0.1) is 12.8 Å². The number of likely N-dealkylation sites (N-methyl/N-ethyl adjacent to an activating group) is 1. The minimum absolute atomic E-state index is 0.0658. The summed E-state index contributed by atoms with van der Waals surface area (Å²) in [6, 6.07) is 1.37. The molecule has 0 radical (unpaired) electrons. The Morgan fingerprint density at radius 1 is 1.38 bits per heavy atom. The molecule has 0 saturated carbocycles. The average molecular weight is 429 g/mol. The number of allylic oxidation sites excluding steroid dienone is 2. The number of hydrogen-bond acceptors (Lipinski definition) is 3. The quantitative estimate of drug-likeness (QED) is 0.653. The predicted molar refractivity (Wildman–Crippen MR) is 118 cm³/mol. The maximum atomic E-state index is 13.5. The lowest BCUT2D eigenvalue weighted by atomic mass is 9.97. The van der Waals surface area contributed by atoms with Gasteiger partial charge in [0, 0.05) is 31.4 Å². The zero-order valence-electron chi connectivity index (χ0n) is 18.6. The fourth-order valence-corrected chi connectivity index (χ4v) is 3.16. The van der Waals surface area contributed by atoms with Gasteiger partial charge in [0.1, 0.15) is 5.69 Å². The maximum Gasteiger partial charge on any atom is 0.302 e. The topological polar surface area (TPSA) is 50.2 Å². The fraction of sp³-hybridized carbons (Fsp3) is 0.619. The van der Waals surface area contributed by atoms with Crippen LogP contribution in [0.15, 0.2) is 30.0 Å². The van der Waals surface area contributed by atoms with Gasteiger partial charge in [0.25, 0.3) is 0 Å². The summed E-state index contributed by atoms with van der Waals surface area (Å²) in [5.74, 6) is -0.263. The summed E-state index contributed by atoms with van der Waals surface area (Å²) in [5.41, 5.74) is -2.24. The van der Waals surface area contributed by atoms with Crippen LogP contribution in [0.1, 0.15) is 52.4 Å². The van der Waals surface area contributed by atoms with Crippen molar-refractivity contribution < 1.29 is 13.6 Å². The molecule has 0 aromatic carbocycles. The number of halogens is 2. The van der Waals surface area contributed by atoms with Gasteiger partial charge in [-0.25, -0.2) is 0 Å². The van der Waals surface area contributed by atoms with E-state index in [1.807, 2.05) is 53.9 Å². The first-order chi connectivity index (χ1) is 13.4. The van der Waals surface area contributed by atoms with Crippen molar-refractivity contribution in [2.45, 2.75) is 65.7 Å². The SMILES string of the molecule is CC.Cc1cc(C(F)(F)P)nn1CC(C)(C)NC(=O)C(C)CC1=CN(C)CC=C1. The highest BCUT2D eigenvalue weighted by atomic mass is 31.0. The van der Waals surface area contributed by atoms with Crippen molar-refractivity contribution >= 4 is 15.1 Å². The minimum Gasteiger partial charge on any atom is -0.376 e. The molecule has 2 rings (SSSR count). The lowest BCUT2D eigenvalue weighted by Crippen LogP contribution is -2.48. The third-order valence-electron chi connectivity index (χ3n) is 4.43. The third kappa shape index (κ3) is 7.88. The molecule has 1 aromatic heterocycles. The van der Waals surface area contributed by atoms with E-state index in [4.69, 9.17) is 0 Å². The van der Waals surface area contributed by atoms with E-state index in [1.54, 1.807) is 6.92 Å². The third-order valence-corrected chi connectivity index (χ3v) is 4.73. The van der Waals surface area contributed by atoms with Crippen LogP contribution in [0.25, 0.3) is 0 Å². The number of aryl methyl sites for hydroxylation is 1. The number of aromatic nitrogens is 2. The summed E-state index contributed by atoms with van der Waals surface area (Å²) >= 11 is 0. The maximum absolute atomic E-state index is 13.5. The average Bonchev–Trinajstić information content (AvgIpc) is 2.96. The molecule has 1 aromatic rings. The highest BCUT2D eigenvalue weighted by molar-refractivity contribution is 7.17. The van der Waals surface area contributed by atoms with E-state index < -0.39 is 11.2 Å². The molecule has 164 valence electrons. The van der Waals surface area contributed by atoms with Crippen molar-refractivity contribution in [3.8, 4) is 0 Å². The van der Waals surface area contributed by atoms with E-state index in [-0.39, 0.29) is 17.5 Å². The van der Waals surface area contributed by atoms with Crippen LogP contribution in [-0.2, 0) is 17.0 Å². The Balaban J connectivity index is 0.00000204. The minimum atomic E-state index is -3.06. The molecule has 0 bridgehead atoms. The van der Waals surface area contributed by atoms with Crippen LogP contribution in [0.5, 0.6) is 0 Å². The van der Waals surface area contributed by atoms with Crippen molar-refractivity contribution in [1.82, 2.24) is 20.0 Å². The highest BCUT2D eigenvalue weighted by Crippen LogP contribution is 2.34. The van der Waals surface area contributed by atoms with Crippen LogP contribution >= 0.6 is 9.24 Å². The number of rotatable bonds is 7. The van der Waals surface area contributed by atoms with E-state index in [9.17, 15) is 13.6 Å². The van der Waals surface area contributed by atoms with Gasteiger partial charge in [-0.1, -0.05) is 42.2 Å². The molecule has 8 heteroatoms. The molecule has 2 unspecified atom stereocenters. The monoisotopic (exact) mass is 428 g/mol. The number of carbonyl (C=O) groups is 1. The lowest BCUT2D eigenvalue weighted by molar-refractivity contribution is -0.126. The van der Waals surface area contributed by atoms with Gasteiger partial charge in [0.2, 0.25) is 5.91 Å². The number of nitrogens with zero attached hydrogens (tertiary/aromatic N) is 3. The zero-order chi connectivity index (χ0) is 22.4. The van der Waals surface area contributed by atoms with Crippen molar-refractivity contribution in [3.05, 3.63) is 41.4 Å². The van der Waals surface area contributed by atoms with Gasteiger partial charge in [-0.15, -0.1) is 0 Å². The zero-order valence-corrected chi connectivity index (χ0v) is 19.7. The molecule has 0 aliphatic carbocycles. The van der Waals surface area contributed by atoms with Gasteiger partial charge < -0.3 is 10.2 Å². The molecule has 1 aliphatic heterocycles. The highest BCUT2D eigenvalue weighted by Gasteiger charge is 2.30. The first-order valence-electron chi connectivity index (χ1n) is 9.98. The lowest BCUT2D eigenvalue weighted by Gasteiger charge is -2.29. The summed E-state index contributed by atoms with van der Waals surface area (Å²) in [6.07, 6.45) is 6.82. The first-order valence-corrected chi connectivity index (χ1v) is 10.6. The smallest absolute Gasteiger partial charge is 0.302 e. The number of hydrogen-bond donors (Lipinski definition) is 1. The molecule has 0 spiro atoms. The number of carbonyl (C=O) groups excluding carboxylic acids is 1. The molecule has 1 N–H and O–H groups in total. The van der Waals surface area contributed by atoms with E-state index in [1.165, 1.54) is 20.0 Å². The molecular weight excluding hydrogens is 393 g/mol. The first kappa shape index (κ1) is 25.3. The van der Waals surface area contributed by atoms with Crippen LogP contribution in [0.3, 0.4) is 0 Å². The van der Waals surface area contributed by atoms with Crippen molar-refractivity contribution in [3.63, 3.8) is 0 Å². The molecule has 29 heavy (non-hydrogen) atoms. The molecule has 1 amide bonds. The number of alkyl halides is 2. The van der Waals surface area contributed by atoms with E-state index in [0.717, 1.165) is 12.1 Å². The Bertz CT molecular complexity index is 750. The second-order valence-corrected chi connectivity index (χ2v) is 8.70. The largest absolute Gasteiger partial charge is 0.376 e. The van der Waals surface area contributed by atoms with Crippen LogP contribution in [-0.4, -0.2) is 39.7 Å².